The van der Waals surface area contributed by atoms with Crippen LogP contribution in [-0.2, 0) is 6.42 Å². The van der Waals surface area contributed by atoms with E-state index < -0.39 is 0 Å². The molecule has 1 rings (SSSR count). The molecule has 1 aromatic carbocycles. The predicted molar refractivity (Wildman–Crippen MR) is 45.5 cm³/mol. The summed E-state index contributed by atoms with van der Waals surface area (Å²) in [5.41, 5.74) is 1.69. The summed E-state index contributed by atoms with van der Waals surface area (Å²) in [4.78, 5) is 0. The SMILES string of the molecule is CCc1cc(Cl)cc(F)c1C. The molecular formula is C9H10ClF. The maximum atomic E-state index is 12.9. The van der Waals surface area contributed by atoms with Gasteiger partial charge in [-0.15, -0.1) is 0 Å². The van der Waals surface area contributed by atoms with Crippen LogP contribution in [0.4, 0.5) is 4.39 Å². The first-order valence-electron chi connectivity index (χ1n) is 3.59. The van der Waals surface area contributed by atoms with Crippen molar-refractivity contribution in [3.8, 4) is 0 Å². The van der Waals surface area contributed by atoms with Gasteiger partial charge in [0.2, 0.25) is 0 Å². The molecule has 0 N–H and O–H groups in total. The molecule has 0 aliphatic carbocycles. The predicted octanol–water partition coefficient (Wildman–Crippen LogP) is 3.35. The van der Waals surface area contributed by atoms with Gasteiger partial charge >= 0.3 is 0 Å². The van der Waals surface area contributed by atoms with Crippen LogP contribution in [0.2, 0.25) is 5.02 Å². The highest BCUT2D eigenvalue weighted by atomic mass is 35.5. The lowest BCUT2D eigenvalue weighted by Crippen LogP contribution is -1.90. The minimum absolute atomic E-state index is 0.214. The van der Waals surface area contributed by atoms with Crippen molar-refractivity contribution in [3.63, 3.8) is 0 Å². The average Bonchev–Trinajstić information content (AvgIpc) is 1.96. The van der Waals surface area contributed by atoms with Gasteiger partial charge in [-0.05, 0) is 36.6 Å². The van der Waals surface area contributed by atoms with Crippen molar-refractivity contribution in [1.82, 2.24) is 0 Å². The minimum atomic E-state index is -0.214. The molecule has 0 unspecified atom stereocenters. The first kappa shape index (κ1) is 8.54. The van der Waals surface area contributed by atoms with E-state index in [0.29, 0.717) is 10.6 Å². The Hall–Kier alpha value is -0.560. The molecule has 0 aliphatic rings. The van der Waals surface area contributed by atoms with Crippen LogP contribution in [0.5, 0.6) is 0 Å². The van der Waals surface area contributed by atoms with Gasteiger partial charge in [0, 0.05) is 5.02 Å². The van der Waals surface area contributed by atoms with Crippen LogP contribution in [0, 0.1) is 12.7 Å². The molecule has 0 fully saturated rings. The third-order valence-corrected chi connectivity index (χ3v) is 2.02. The lowest BCUT2D eigenvalue weighted by Gasteiger charge is -2.03. The standard InChI is InChI=1S/C9H10ClF/c1-3-7-4-8(10)5-9(11)6(7)2/h4-5H,3H2,1-2H3. The van der Waals surface area contributed by atoms with E-state index in [-0.39, 0.29) is 5.82 Å². The summed E-state index contributed by atoms with van der Waals surface area (Å²) < 4.78 is 12.9. The van der Waals surface area contributed by atoms with E-state index >= 15 is 0 Å². The molecule has 11 heavy (non-hydrogen) atoms. The molecule has 60 valence electrons. The van der Waals surface area contributed by atoms with E-state index in [0.717, 1.165) is 12.0 Å². The average molecular weight is 173 g/mol. The van der Waals surface area contributed by atoms with Gasteiger partial charge in [0.25, 0.3) is 0 Å². The molecule has 0 radical (unpaired) electrons. The molecular weight excluding hydrogens is 163 g/mol. The van der Waals surface area contributed by atoms with Crippen LogP contribution >= 0.6 is 11.6 Å². The van der Waals surface area contributed by atoms with Gasteiger partial charge in [-0.2, -0.15) is 0 Å². The monoisotopic (exact) mass is 172 g/mol. The number of hydrogen-bond donors (Lipinski definition) is 0. The number of aryl methyl sites for hydroxylation is 1. The third-order valence-electron chi connectivity index (χ3n) is 1.80. The molecule has 2 heteroatoms. The topological polar surface area (TPSA) is 0 Å². The molecule has 0 bridgehead atoms. The summed E-state index contributed by atoms with van der Waals surface area (Å²) in [6, 6.07) is 3.15. The van der Waals surface area contributed by atoms with E-state index in [1.54, 1.807) is 13.0 Å². The van der Waals surface area contributed by atoms with Gasteiger partial charge in [0.1, 0.15) is 5.82 Å². The quantitative estimate of drug-likeness (QED) is 0.610. The number of rotatable bonds is 1. The Labute approximate surface area is 71.0 Å². The summed E-state index contributed by atoms with van der Waals surface area (Å²) in [6.45, 7) is 3.75. The van der Waals surface area contributed by atoms with Gasteiger partial charge < -0.3 is 0 Å². The van der Waals surface area contributed by atoms with Crippen LogP contribution in [-0.4, -0.2) is 0 Å². The summed E-state index contributed by atoms with van der Waals surface area (Å²) in [5, 5.41) is 0.477. The highest BCUT2D eigenvalue weighted by Gasteiger charge is 2.03. The van der Waals surface area contributed by atoms with Gasteiger partial charge in [-0.1, -0.05) is 18.5 Å². The molecule has 1 aromatic rings. The summed E-state index contributed by atoms with van der Waals surface area (Å²) in [7, 11) is 0. The van der Waals surface area contributed by atoms with E-state index in [4.69, 9.17) is 11.6 Å². The van der Waals surface area contributed by atoms with Gasteiger partial charge in [-0.25, -0.2) is 4.39 Å². The highest BCUT2D eigenvalue weighted by molar-refractivity contribution is 6.30. The van der Waals surface area contributed by atoms with E-state index in [1.807, 2.05) is 6.92 Å². The first-order valence-corrected chi connectivity index (χ1v) is 3.97. The fraction of sp³-hybridized carbons (Fsp3) is 0.333. The normalized spacial score (nSPS) is 10.2. The van der Waals surface area contributed by atoms with E-state index in [9.17, 15) is 4.39 Å². The zero-order valence-electron chi connectivity index (χ0n) is 6.62. The largest absolute Gasteiger partial charge is 0.207 e. The summed E-state index contributed by atoms with van der Waals surface area (Å²) >= 11 is 5.66. The molecule has 0 spiro atoms. The van der Waals surface area contributed by atoms with Gasteiger partial charge in [-0.3, -0.25) is 0 Å². The minimum Gasteiger partial charge on any atom is -0.207 e. The summed E-state index contributed by atoms with van der Waals surface area (Å²) in [5.74, 6) is -0.214. The fourth-order valence-corrected chi connectivity index (χ4v) is 1.29. The second-order valence-corrected chi connectivity index (χ2v) is 2.96. The smallest absolute Gasteiger partial charge is 0.127 e. The second-order valence-electron chi connectivity index (χ2n) is 2.53. The molecule has 0 saturated carbocycles. The molecule has 0 aliphatic heterocycles. The van der Waals surface area contributed by atoms with Crippen LogP contribution < -0.4 is 0 Å². The number of benzene rings is 1. The number of halogens is 2. The van der Waals surface area contributed by atoms with Crippen molar-refractivity contribution in [2.75, 3.05) is 0 Å². The van der Waals surface area contributed by atoms with Crippen molar-refractivity contribution < 1.29 is 4.39 Å². The Bertz CT molecular complexity index is 269. The maximum Gasteiger partial charge on any atom is 0.127 e. The molecule has 0 nitrogen and oxygen atoms in total. The Balaban J connectivity index is 3.24. The van der Waals surface area contributed by atoms with Crippen LogP contribution in [0.1, 0.15) is 18.1 Å². The Morgan fingerprint density at radius 3 is 2.64 bits per heavy atom. The van der Waals surface area contributed by atoms with Crippen LogP contribution in [0.3, 0.4) is 0 Å². The lowest BCUT2D eigenvalue weighted by molar-refractivity contribution is 0.616. The van der Waals surface area contributed by atoms with Crippen molar-refractivity contribution in [3.05, 3.63) is 34.1 Å². The Morgan fingerprint density at radius 2 is 2.09 bits per heavy atom. The molecule has 0 saturated heterocycles. The zero-order chi connectivity index (χ0) is 8.43. The molecule has 0 atom stereocenters. The van der Waals surface area contributed by atoms with Crippen molar-refractivity contribution in [2.45, 2.75) is 20.3 Å². The van der Waals surface area contributed by atoms with E-state index in [1.165, 1.54) is 6.07 Å². The van der Waals surface area contributed by atoms with Crippen molar-refractivity contribution in [1.29, 1.82) is 0 Å². The van der Waals surface area contributed by atoms with Crippen molar-refractivity contribution >= 4 is 11.6 Å². The van der Waals surface area contributed by atoms with Gasteiger partial charge in [0.15, 0.2) is 0 Å². The maximum absolute atomic E-state index is 12.9. The zero-order valence-corrected chi connectivity index (χ0v) is 7.37. The van der Waals surface area contributed by atoms with Crippen LogP contribution in [0.15, 0.2) is 12.1 Å². The van der Waals surface area contributed by atoms with E-state index in [2.05, 4.69) is 0 Å². The fourth-order valence-electron chi connectivity index (χ4n) is 1.07. The lowest BCUT2D eigenvalue weighted by atomic mass is 10.1. The van der Waals surface area contributed by atoms with Gasteiger partial charge in [0.05, 0.1) is 0 Å². The Morgan fingerprint density at radius 1 is 1.45 bits per heavy atom. The second kappa shape index (κ2) is 3.22. The molecule has 0 heterocycles. The highest BCUT2D eigenvalue weighted by Crippen LogP contribution is 2.19. The number of hydrogen-bond acceptors (Lipinski definition) is 0. The van der Waals surface area contributed by atoms with Crippen molar-refractivity contribution in [2.24, 2.45) is 0 Å². The first-order chi connectivity index (χ1) is 5.15. The Kier molecular flexibility index (Phi) is 2.50. The third kappa shape index (κ3) is 1.72. The summed E-state index contributed by atoms with van der Waals surface area (Å²) in [6.07, 6.45) is 0.823. The van der Waals surface area contributed by atoms with Crippen LogP contribution in [0.25, 0.3) is 0 Å². The molecule has 0 amide bonds. The molecule has 0 aromatic heterocycles.